The first-order chi connectivity index (χ1) is 10.9. The van der Waals surface area contributed by atoms with E-state index < -0.39 is 0 Å². The lowest BCUT2D eigenvalue weighted by Gasteiger charge is -2.12. The zero-order valence-corrected chi connectivity index (χ0v) is 11.9. The predicted molar refractivity (Wildman–Crippen MR) is 89.0 cm³/mol. The van der Waals surface area contributed by atoms with Gasteiger partial charge >= 0.3 is 0 Å². The molecule has 0 atom stereocenters. The van der Waals surface area contributed by atoms with E-state index in [9.17, 15) is 0 Å². The molecule has 1 N–H and O–H groups in total. The van der Waals surface area contributed by atoms with Crippen molar-refractivity contribution in [2.45, 2.75) is 6.42 Å². The van der Waals surface area contributed by atoms with E-state index in [0.29, 0.717) is 5.82 Å². The van der Waals surface area contributed by atoms with E-state index in [4.69, 9.17) is 0 Å². The maximum Gasteiger partial charge on any atom is 0.176 e. The Hall–Kier alpha value is -3.01. The smallest absolute Gasteiger partial charge is 0.176 e. The fraction of sp³-hybridized carbons (Fsp3) is 0.0556. The van der Waals surface area contributed by atoms with Gasteiger partial charge in [0.2, 0.25) is 0 Å². The first kappa shape index (κ1) is 12.7. The van der Waals surface area contributed by atoms with Crippen LogP contribution in [-0.4, -0.2) is 15.9 Å². The van der Waals surface area contributed by atoms with Crippen molar-refractivity contribution in [2.24, 2.45) is 5.10 Å². The minimum Gasteiger partial charge on any atom is -0.259 e. The van der Waals surface area contributed by atoms with Crippen LogP contribution in [0.25, 0.3) is 10.8 Å². The summed E-state index contributed by atoms with van der Waals surface area (Å²) in [6.45, 7) is 0. The minimum absolute atomic E-state index is 0.669. The summed E-state index contributed by atoms with van der Waals surface area (Å²) in [5, 5.41) is 14.7. The zero-order chi connectivity index (χ0) is 14.8. The van der Waals surface area contributed by atoms with Crippen molar-refractivity contribution in [1.82, 2.24) is 10.2 Å². The molecule has 1 heterocycles. The van der Waals surface area contributed by atoms with Gasteiger partial charge in [0.25, 0.3) is 0 Å². The van der Waals surface area contributed by atoms with Crippen LogP contribution in [0.3, 0.4) is 0 Å². The SMILES string of the molecule is C1=CC(=NNc2nncc3ccccc23)c2ccccc2C1. The van der Waals surface area contributed by atoms with Crippen molar-refractivity contribution < 1.29 is 0 Å². The number of hydrazone groups is 1. The monoisotopic (exact) mass is 286 g/mol. The molecule has 0 radical (unpaired) electrons. The highest BCUT2D eigenvalue weighted by molar-refractivity contribution is 6.11. The fourth-order valence-corrected chi connectivity index (χ4v) is 2.66. The van der Waals surface area contributed by atoms with Gasteiger partial charge in [-0.05, 0) is 18.1 Å². The summed E-state index contributed by atoms with van der Waals surface area (Å²) in [7, 11) is 0. The van der Waals surface area contributed by atoms with E-state index >= 15 is 0 Å². The Labute approximate surface area is 128 Å². The first-order valence-electron chi connectivity index (χ1n) is 7.21. The van der Waals surface area contributed by atoms with Crippen LogP contribution in [0, 0.1) is 0 Å². The fourth-order valence-electron chi connectivity index (χ4n) is 2.66. The van der Waals surface area contributed by atoms with E-state index in [0.717, 1.165) is 28.5 Å². The van der Waals surface area contributed by atoms with E-state index in [1.807, 2.05) is 36.4 Å². The molecular weight excluding hydrogens is 272 g/mol. The molecule has 0 unspecified atom stereocenters. The molecule has 0 bridgehead atoms. The number of rotatable bonds is 2. The molecule has 0 aliphatic heterocycles. The van der Waals surface area contributed by atoms with Crippen molar-refractivity contribution >= 4 is 22.3 Å². The topological polar surface area (TPSA) is 50.2 Å². The third-order valence-electron chi connectivity index (χ3n) is 3.76. The van der Waals surface area contributed by atoms with Crippen molar-refractivity contribution in [2.75, 3.05) is 5.43 Å². The highest BCUT2D eigenvalue weighted by Gasteiger charge is 2.10. The predicted octanol–water partition coefficient (Wildman–Crippen LogP) is 3.56. The number of anilines is 1. The van der Waals surface area contributed by atoms with Crippen LogP contribution >= 0.6 is 0 Å². The Balaban J connectivity index is 1.72. The van der Waals surface area contributed by atoms with Gasteiger partial charge in [0, 0.05) is 16.3 Å². The molecule has 0 saturated heterocycles. The van der Waals surface area contributed by atoms with E-state index in [1.54, 1.807) is 6.20 Å². The molecule has 3 aromatic rings. The van der Waals surface area contributed by atoms with Gasteiger partial charge in [-0.25, -0.2) is 0 Å². The number of nitrogens with one attached hydrogen (secondary N) is 1. The van der Waals surface area contributed by atoms with Crippen LogP contribution in [0.15, 0.2) is 72.0 Å². The quantitative estimate of drug-likeness (QED) is 0.733. The molecule has 0 amide bonds. The van der Waals surface area contributed by atoms with Crippen LogP contribution < -0.4 is 5.43 Å². The Morgan fingerprint density at radius 1 is 1.00 bits per heavy atom. The molecule has 2 aromatic carbocycles. The number of allylic oxidation sites excluding steroid dienone is 2. The van der Waals surface area contributed by atoms with Gasteiger partial charge < -0.3 is 0 Å². The second-order valence-electron chi connectivity index (χ2n) is 5.15. The lowest BCUT2D eigenvalue weighted by atomic mass is 9.95. The average Bonchev–Trinajstić information content (AvgIpc) is 2.60. The third kappa shape index (κ3) is 2.24. The van der Waals surface area contributed by atoms with Gasteiger partial charge in [-0.15, -0.1) is 5.10 Å². The number of benzene rings is 2. The van der Waals surface area contributed by atoms with Crippen molar-refractivity contribution in [3.8, 4) is 0 Å². The maximum atomic E-state index is 4.52. The van der Waals surface area contributed by atoms with Gasteiger partial charge in [-0.2, -0.15) is 10.2 Å². The minimum atomic E-state index is 0.669. The van der Waals surface area contributed by atoms with Gasteiger partial charge in [0.1, 0.15) is 0 Å². The molecule has 1 aliphatic carbocycles. The lowest BCUT2D eigenvalue weighted by Crippen LogP contribution is -2.09. The first-order valence-corrected chi connectivity index (χ1v) is 7.21. The third-order valence-corrected chi connectivity index (χ3v) is 3.76. The van der Waals surface area contributed by atoms with Crippen molar-refractivity contribution in [3.05, 3.63) is 78.0 Å². The summed E-state index contributed by atoms with van der Waals surface area (Å²) in [6, 6.07) is 16.3. The van der Waals surface area contributed by atoms with Crippen LogP contribution in [-0.2, 0) is 6.42 Å². The summed E-state index contributed by atoms with van der Waals surface area (Å²) < 4.78 is 0. The van der Waals surface area contributed by atoms with Crippen LogP contribution in [0.5, 0.6) is 0 Å². The molecule has 106 valence electrons. The number of hydrogen-bond donors (Lipinski definition) is 1. The number of aromatic nitrogens is 2. The van der Waals surface area contributed by atoms with Gasteiger partial charge in [-0.1, -0.05) is 54.6 Å². The summed E-state index contributed by atoms with van der Waals surface area (Å²) >= 11 is 0. The summed E-state index contributed by atoms with van der Waals surface area (Å²) in [5.74, 6) is 0.669. The van der Waals surface area contributed by atoms with Crippen molar-refractivity contribution in [3.63, 3.8) is 0 Å². The molecule has 0 saturated carbocycles. The second-order valence-corrected chi connectivity index (χ2v) is 5.15. The largest absolute Gasteiger partial charge is 0.259 e. The molecule has 0 spiro atoms. The normalized spacial score (nSPS) is 15.0. The molecule has 4 heteroatoms. The Kier molecular flexibility index (Phi) is 3.12. The van der Waals surface area contributed by atoms with E-state index in [1.165, 1.54) is 5.56 Å². The molecule has 1 aliphatic rings. The van der Waals surface area contributed by atoms with Gasteiger partial charge in [-0.3, -0.25) is 5.43 Å². The standard InChI is InChI=1S/C18H14N4/c1-3-9-15-13(6-1)8-5-11-17(15)20-22-18-16-10-4-2-7-14(16)12-19-21-18/h1-7,9-12H,8H2,(H,21,22). The zero-order valence-electron chi connectivity index (χ0n) is 11.9. The number of hydrogen-bond acceptors (Lipinski definition) is 4. The second kappa shape index (κ2) is 5.41. The van der Waals surface area contributed by atoms with E-state index in [2.05, 4.69) is 45.0 Å². The molecule has 22 heavy (non-hydrogen) atoms. The molecule has 4 nitrogen and oxygen atoms in total. The maximum absolute atomic E-state index is 4.52. The molecule has 4 rings (SSSR count). The van der Waals surface area contributed by atoms with Crippen LogP contribution in [0.1, 0.15) is 11.1 Å². The number of nitrogens with zero attached hydrogens (tertiary/aromatic N) is 3. The Morgan fingerprint density at radius 2 is 1.86 bits per heavy atom. The van der Waals surface area contributed by atoms with Crippen molar-refractivity contribution in [1.29, 1.82) is 0 Å². The van der Waals surface area contributed by atoms with Gasteiger partial charge in [0.05, 0.1) is 11.9 Å². The van der Waals surface area contributed by atoms with Gasteiger partial charge in [0.15, 0.2) is 5.82 Å². The highest BCUT2D eigenvalue weighted by Crippen LogP contribution is 2.20. The molecule has 0 fully saturated rings. The molecule has 1 aromatic heterocycles. The number of fused-ring (bicyclic) bond motifs is 2. The van der Waals surface area contributed by atoms with E-state index in [-0.39, 0.29) is 0 Å². The van der Waals surface area contributed by atoms with Crippen LogP contribution in [0.4, 0.5) is 5.82 Å². The highest BCUT2D eigenvalue weighted by atomic mass is 15.3. The summed E-state index contributed by atoms with van der Waals surface area (Å²) in [5.41, 5.74) is 6.42. The Morgan fingerprint density at radius 3 is 2.86 bits per heavy atom. The van der Waals surface area contributed by atoms with Crippen LogP contribution in [0.2, 0.25) is 0 Å². The average molecular weight is 286 g/mol. The lowest BCUT2D eigenvalue weighted by molar-refractivity contribution is 1.04. The summed E-state index contributed by atoms with van der Waals surface area (Å²) in [6.07, 6.45) is 6.86. The Bertz CT molecular complexity index is 891. The summed E-state index contributed by atoms with van der Waals surface area (Å²) in [4.78, 5) is 0. The molecular formula is C18H14N4.